The molecule has 4 heteroatoms. The Morgan fingerprint density at radius 3 is 2.90 bits per heavy atom. The van der Waals surface area contributed by atoms with Crippen molar-refractivity contribution in [3.05, 3.63) is 63.6 Å². The molecule has 0 amide bonds. The summed E-state index contributed by atoms with van der Waals surface area (Å²) in [6.45, 7) is 1.31. The highest BCUT2D eigenvalue weighted by Crippen LogP contribution is 2.31. The van der Waals surface area contributed by atoms with Crippen LogP contribution >= 0.6 is 15.9 Å². The van der Waals surface area contributed by atoms with Crippen LogP contribution in [0.4, 0.5) is 5.69 Å². The maximum Gasteiger partial charge on any atom is 0.0992 e. The first-order valence-electron chi connectivity index (χ1n) is 6.39. The highest BCUT2D eigenvalue weighted by atomic mass is 79.9. The lowest BCUT2D eigenvalue weighted by molar-refractivity contribution is 0.0970. The number of fused-ring (bicyclic) bond motifs is 1. The number of halogens is 1. The fourth-order valence-corrected chi connectivity index (χ4v) is 2.88. The van der Waals surface area contributed by atoms with Crippen molar-refractivity contribution in [2.24, 2.45) is 0 Å². The molecule has 1 aliphatic heterocycles. The van der Waals surface area contributed by atoms with Gasteiger partial charge in [0.15, 0.2) is 0 Å². The molecule has 1 aliphatic rings. The van der Waals surface area contributed by atoms with Crippen molar-refractivity contribution in [2.75, 3.05) is 11.9 Å². The number of rotatable bonds is 2. The normalized spacial score (nSPS) is 17.1. The maximum atomic E-state index is 8.89. The topological polar surface area (TPSA) is 45.0 Å². The Balaban J connectivity index is 1.88. The van der Waals surface area contributed by atoms with Crippen molar-refractivity contribution in [2.45, 2.75) is 12.6 Å². The molecule has 0 fully saturated rings. The van der Waals surface area contributed by atoms with Crippen LogP contribution < -0.4 is 5.32 Å². The van der Waals surface area contributed by atoms with Gasteiger partial charge in [0.05, 0.1) is 30.9 Å². The minimum Gasteiger partial charge on any atom is -0.375 e. The predicted octanol–water partition coefficient (Wildman–Crippen LogP) is 4.00. The fraction of sp³-hybridized carbons (Fsp3) is 0.188. The van der Waals surface area contributed by atoms with Gasteiger partial charge in [-0.2, -0.15) is 5.26 Å². The molecule has 3 rings (SSSR count). The molecule has 100 valence electrons. The first-order chi connectivity index (χ1) is 9.78. The van der Waals surface area contributed by atoms with E-state index in [2.05, 4.69) is 39.4 Å². The molecule has 0 saturated carbocycles. The number of nitrogens with one attached hydrogen (secondary N) is 1. The van der Waals surface area contributed by atoms with Gasteiger partial charge in [-0.05, 0) is 45.3 Å². The standard InChI is InChI=1S/C16H13BrN2O/c17-14-7-11(8-18)5-6-15(14)19-16-10-20-9-12-3-1-2-4-13(12)16/h1-7,16,19H,9-10H2. The van der Waals surface area contributed by atoms with E-state index in [1.165, 1.54) is 11.1 Å². The zero-order valence-corrected chi connectivity index (χ0v) is 12.4. The molecular formula is C16H13BrN2O. The average Bonchev–Trinajstić information content (AvgIpc) is 2.49. The average molecular weight is 329 g/mol. The molecule has 0 radical (unpaired) electrons. The van der Waals surface area contributed by atoms with Gasteiger partial charge in [0.1, 0.15) is 0 Å². The van der Waals surface area contributed by atoms with Crippen molar-refractivity contribution < 1.29 is 4.74 Å². The van der Waals surface area contributed by atoms with Gasteiger partial charge < -0.3 is 10.1 Å². The van der Waals surface area contributed by atoms with Crippen molar-refractivity contribution in [3.63, 3.8) is 0 Å². The highest BCUT2D eigenvalue weighted by molar-refractivity contribution is 9.10. The number of anilines is 1. The molecule has 20 heavy (non-hydrogen) atoms. The minimum absolute atomic E-state index is 0.129. The van der Waals surface area contributed by atoms with Crippen LogP contribution in [-0.2, 0) is 11.3 Å². The van der Waals surface area contributed by atoms with E-state index in [0.717, 1.165) is 10.2 Å². The molecular weight excluding hydrogens is 316 g/mol. The Morgan fingerprint density at radius 1 is 1.25 bits per heavy atom. The lowest BCUT2D eigenvalue weighted by Gasteiger charge is -2.27. The van der Waals surface area contributed by atoms with Crippen molar-refractivity contribution in [1.29, 1.82) is 5.26 Å². The number of nitrogens with zero attached hydrogens (tertiary/aromatic N) is 1. The largest absolute Gasteiger partial charge is 0.375 e. The number of nitriles is 1. The zero-order chi connectivity index (χ0) is 13.9. The van der Waals surface area contributed by atoms with Crippen molar-refractivity contribution in [3.8, 4) is 6.07 Å². The first-order valence-corrected chi connectivity index (χ1v) is 7.19. The summed E-state index contributed by atoms with van der Waals surface area (Å²) in [4.78, 5) is 0. The Bertz CT molecular complexity index is 678. The molecule has 2 aromatic carbocycles. The van der Waals surface area contributed by atoms with Crippen LogP contribution in [0.5, 0.6) is 0 Å². The van der Waals surface area contributed by atoms with Crippen LogP contribution in [-0.4, -0.2) is 6.61 Å². The van der Waals surface area contributed by atoms with Crippen LogP contribution in [0, 0.1) is 11.3 Å². The van der Waals surface area contributed by atoms with E-state index in [4.69, 9.17) is 10.00 Å². The third-order valence-electron chi connectivity index (χ3n) is 3.40. The van der Waals surface area contributed by atoms with Gasteiger partial charge in [-0.1, -0.05) is 24.3 Å². The first kappa shape index (κ1) is 13.2. The summed E-state index contributed by atoms with van der Waals surface area (Å²) in [5.41, 5.74) is 4.10. The van der Waals surface area contributed by atoms with Gasteiger partial charge in [-0.25, -0.2) is 0 Å². The van der Waals surface area contributed by atoms with Gasteiger partial charge in [-0.15, -0.1) is 0 Å². The third kappa shape index (κ3) is 2.55. The number of hydrogen-bond acceptors (Lipinski definition) is 3. The summed E-state index contributed by atoms with van der Waals surface area (Å²) in [6, 6.07) is 16.1. The Labute approximate surface area is 126 Å². The summed E-state index contributed by atoms with van der Waals surface area (Å²) < 4.78 is 6.52. The van der Waals surface area contributed by atoms with Gasteiger partial charge in [0.2, 0.25) is 0 Å². The van der Waals surface area contributed by atoms with E-state index in [0.29, 0.717) is 18.8 Å². The summed E-state index contributed by atoms with van der Waals surface area (Å²) in [5, 5.41) is 12.4. The Kier molecular flexibility index (Phi) is 3.72. The fourth-order valence-electron chi connectivity index (χ4n) is 2.39. The number of hydrogen-bond donors (Lipinski definition) is 1. The molecule has 0 aliphatic carbocycles. The predicted molar refractivity (Wildman–Crippen MR) is 81.3 cm³/mol. The van der Waals surface area contributed by atoms with Crippen LogP contribution in [0.3, 0.4) is 0 Å². The molecule has 0 saturated heterocycles. The lowest BCUT2D eigenvalue weighted by Crippen LogP contribution is -2.23. The van der Waals surface area contributed by atoms with Crippen molar-refractivity contribution in [1.82, 2.24) is 0 Å². The summed E-state index contributed by atoms with van der Waals surface area (Å²) in [6.07, 6.45) is 0. The molecule has 0 aromatic heterocycles. The van der Waals surface area contributed by atoms with E-state index < -0.39 is 0 Å². The second-order valence-electron chi connectivity index (χ2n) is 4.72. The second kappa shape index (κ2) is 5.66. The van der Waals surface area contributed by atoms with Crippen molar-refractivity contribution >= 4 is 21.6 Å². The van der Waals surface area contributed by atoms with E-state index in [9.17, 15) is 0 Å². The van der Waals surface area contributed by atoms with Crippen LogP contribution in [0.25, 0.3) is 0 Å². The number of ether oxygens (including phenoxy) is 1. The third-order valence-corrected chi connectivity index (χ3v) is 4.06. The monoisotopic (exact) mass is 328 g/mol. The number of benzene rings is 2. The molecule has 1 atom stereocenters. The van der Waals surface area contributed by atoms with Crippen LogP contribution in [0.15, 0.2) is 46.9 Å². The smallest absolute Gasteiger partial charge is 0.0992 e. The molecule has 3 nitrogen and oxygen atoms in total. The maximum absolute atomic E-state index is 8.89. The molecule has 0 bridgehead atoms. The summed E-state index contributed by atoms with van der Waals surface area (Å²) in [7, 11) is 0. The summed E-state index contributed by atoms with van der Waals surface area (Å²) in [5.74, 6) is 0. The molecule has 1 unspecified atom stereocenters. The highest BCUT2D eigenvalue weighted by Gasteiger charge is 2.20. The van der Waals surface area contributed by atoms with Crippen LogP contribution in [0.2, 0.25) is 0 Å². The second-order valence-corrected chi connectivity index (χ2v) is 5.57. The molecule has 1 heterocycles. The quantitative estimate of drug-likeness (QED) is 0.906. The Hall–Kier alpha value is -1.83. The summed E-state index contributed by atoms with van der Waals surface area (Å²) >= 11 is 3.50. The molecule has 1 N–H and O–H groups in total. The Morgan fingerprint density at radius 2 is 2.10 bits per heavy atom. The van der Waals surface area contributed by atoms with E-state index in [1.807, 2.05) is 30.3 Å². The molecule has 2 aromatic rings. The van der Waals surface area contributed by atoms with Crippen LogP contribution in [0.1, 0.15) is 22.7 Å². The van der Waals surface area contributed by atoms with Gasteiger partial charge in [0.25, 0.3) is 0 Å². The van der Waals surface area contributed by atoms with Gasteiger partial charge in [-0.3, -0.25) is 0 Å². The SMILES string of the molecule is N#Cc1ccc(NC2COCc3ccccc32)c(Br)c1. The minimum atomic E-state index is 0.129. The van der Waals surface area contributed by atoms with E-state index in [1.54, 1.807) is 0 Å². The zero-order valence-electron chi connectivity index (χ0n) is 10.8. The van der Waals surface area contributed by atoms with E-state index in [-0.39, 0.29) is 6.04 Å². The van der Waals surface area contributed by atoms with Gasteiger partial charge >= 0.3 is 0 Å². The van der Waals surface area contributed by atoms with E-state index >= 15 is 0 Å². The molecule has 0 spiro atoms. The lowest BCUT2D eigenvalue weighted by atomic mass is 9.99. The van der Waals surface area contributed by atoms with Gasteiger partial charge in [0, 0.05) is 10.2 Å².